The van der Waals surface area contributed by atoms with Crippen LogP contribution in [0.2, 0.25) is 10.0 Å². The van der Waals surface area contributed by atoms with Gasteiger partial charge >= 0.3 is 0 Å². The molecule has 0 saturated heterocycles. The highest BCUT2D eigenvalue weighted by Gasteiger charge is 2.07. The van der Waals surface area contributed by atoms with Crippen LogP contribution >= 0.6 is 39.1 Å². The van der Waals surface area contributed by atoms with Gasteiger partial charge in [0, 0.05) is 21.2 Å². The zero-order chi connectivity index (χ0) is 22.2. The van der Waals surface area contributed by atoms with Crippen molar-refractivity contribution in [3.63, 3.8) is 0 Å². The van der Waals surface area contributed by atoms with Crippen LogP contribution in [0.4, 0.5) is 0 Å². The molecule has 0 aromatic heterocycles. The average molecular weight is 522 g/mol. The molecular formula is C23H19BrCl2N2O3. The van der Waals surface area contributed by atoms with Crippen LogP contribution in [0.15, 0.2) is 70.2 Å². The predicted molar refractivity (Wildman–Crippen MR) is 128 cm³/mol. The van der Waals surface area contributed by atoms with E-state index in [1.54, 1.807) is 42.6 Å². The Morgan fingerprint density at radius 1 is 1.06 bits per heavy atom. The summed E-state index contributed by atoms with van der Waals surface area (Å²) in [6.07, 6.45) is 1.55. The van der Waals surface area contributed by atoms with Gasteiger partial charge in [0.15, 0.2) is 0 Å². The van der Waals surface area contributed by atoms with Crippen LogP contribution in [0, 0.1) is 0 Å². The van der Waals surface area contributed by atoms with Gasteiger partial charge in [-0.25, -0.2) is 5.43 Å². The van der Waals surface area contributed by atoms with Crippen molar-refractivity contribution < 1.29 is 14.3 Å². The fourth-order valence-corrected chi connectivity index (χ4v) is 3.58. The Morgan fingerprint density at radius 3 is 2.52 bits per heavy atom. The van der Waals surface area contributed by atoms with Gasteiger partial charge in [0.2, 0.25) is 0 Å². The number of carbonyl (C=O) groups excluding carboxylic acids is 1. The van der Waals surface area contributed by atoms with Crippen molar-refractivity contribution >= 4 is 51.3 Å². The molecule has 3 rings (SSSR count). The Hall–Kier alpha value is -2.54. The van der Waals surface area contributed by atoms with Crippen LogP contribution in [0.1, 0.15) is 28.4 Å². The van der Waals surface area contributed by atoms with E-state index in [4.69, 9.17) is 32.7 Å². The molecular weight excluding hydrogens is 503 g/mol. The van der Waals surface area contributed by atoms with E-state index in [-0.39, 0.29) is 5.91 Å². The lowest BCUT2D eigenvalue weighted by Crippen LogP contribution is -2.17. The number of halogens is 3. The van der Waals surface area contributed by atoms with Crippen molar-refractivity contribution in [2.75, 3.05) is 6.61 Å². The quantitative estimate of drug-likeness (QED) is 0.272. The number of nitrogens with zero attached hydrogens (tertiary/aromatic N) is 1. The molecule has 0 aliphatic rings. The SMILES string of the molecule is CCOc1ccc(C(=O)N/N=C/c2ccc(OCc3ccc(Cl)cc3Cl)c(Br)c2)cc1. The molecule has 0 aliphatic heterocycles. The highest BCUT2D eigenvalue weighted by molar-refractivity contribution is 9.10. The van der Waals surface area contributed by atoms with Gasteiger partial charge in [-0.05, 0) is 83.0 Å². The van der Waals surface area contributed by atoms with Crippen molar-refractivity contribution in [1.82, 2.24) is 5.43 Å². The van der Waals surface area contributed by atoms with E-state index in [0.29, 0.717) is 40.3 Å². The average Bonchev–Trinajstić information content (AvgIpc) is 2.75. The fourth-order valence-electron chi connectivity index (χ4n) is 2.61. The second-order valence-corrected chi connectivity index (χ2v) is 8.07. The predicted octanol–water partition coefficient (Wildman–Crippen LogP) is 6.50. The zero-order valence-corrected chi connectivity index (χ0v) is 19.7. The Balaban J connectivity index is 1.56. The Labute approximate surface area is 199 Å². The second-order valence-electron chi connectivity index (χ2n) is 6.37. The lowest BCUT2D eigenvalue weighted by atomic mass is 10.2. The first-order valence-electron chi connectivity index (χ1n) is 9.39. The number of hydrogen-bond acceptors (Lipinski definition) is 4. The maximum atomic E-state index is 12.2. The van der Waals surface area contributed by atoms with Gasteiger partial charge in [0.05, 0.1) is 17.3 Å². The first-order chi connectivity index (χ1) is 15.0. The first-order valence-corrected chi connectivity index (χ1v) is 10.9. The van der Waals surface area contributed by atoms with Gasteiger partial charge in [-0.15, -0.1) is 0 Å². The molecule has 160 valence electrons. The summed E-state index contributed by atoms with van der Waals surface area (Å²) in [6.45, 7) is 2.78. The van der Waals surface area contributed by atoms with Gasteiger partial charge in [-0.1, -0.05) is 29.3 Å². The van der Waals surface area contributed by atoms with Crippen molar-refractivity contribution in [2.45, 2.75) is 13.5 Å². The minimum atomic E-state index is -0.307. The Bertz CT molecular complexity index is 1090. The summed E-state index contributed by atoms with van der Waals surface area (Å²) in [5, 5.41) is 5.14. The molecule has 0 fully saturated rings. The molecule has 5 nitrogen and oxygen atoms in total. The van der Waals surface area contributed by atoms with Gasteiger partial charge < -0.3 is 9.47 Å². The highest BCUT2D eigenvalue weighted by Crippen LogP contribution is 2.28. The van der Waals surface area contributed by atoms with Crippen molar-refractivity contribution in [3.05, 3.63) is 91.9 Å². The van der Waals surface area contributed by atoms with Crippen LogP contribution in [0.5, 0.6) is 11.5 Å². The second kappa shape index (κ2) is 11.2. The van der Waals surface area contributed by atoms with E-state index in [1.807, 2.05) is 31.2 Å². The molecule has 3 aromatic carbocycles. The monoisotopic (exact) mass is 520 g/mol. The molecule has 1 N–H and O–H groups in total. The number of hydrogen-bond donors (Lipinski definition) is 1. The van der Waals surface area contributed by atoms with Gasteiger partial charge in [0.25, 0.3) is 5.91 Å². The normalized spacial score (nSPS) is 10.8. The van der Waals surface area contributed by atoms with E-state index in [9.17, 15) is 4.79 Å². The third-order valence-electron chi connectivity index (χ3n) is 4.16. The summed E-state index contributed by atoms with van der Waals surface area (Å²) in [6, 6.07) is 17.6. The molecule has 0 heterocycles. The van der Waals surface area contributed by atoms with Gasteiger partial charge in [-0.3, -0.25) is 4.79 Å². The van der Waals surface area contributed by atoms with E-state index in [0.717, 1.165) is 15.6 Å². The van der Waals surface area contributed by atoms with Crippen LogP contribution in [0.25, 0.3) is 0 Å². The molecule has 0 saturated carbocycles. The number of nitrogens with one attached hydrogen (secondary N) is 1. The number of carbonyl (C=O) groups is 1. The van der Waals surface area contributed by atoms with Gasteiger partial charge in [0.1, 0.15) is 18.1 Å². The van der Waals surface area contributed by atoms with Crippen LogP contribution in [-0.4, -0.2) is 18.7 Å². The molecule has 0 bridgehead atoms. The lowest BCUT2D eigenvalue weighted by molar-refractivity contribution is 0.0955. The van der Waals surface area contributed by atoms with Crippen LogP contribution in [0.3, 0.4) is 0 Å². The summed E-state index contributed by atoms with van der Waals surface area (Å²) >= 11 is 15.6. The van der Waals surface area contributed by atoms with Crippen LogP contribution in [-0.2, 0) is 6.61 Å². The topological polar surface area (TPSA) is 59.9 Å². The minimum absolute atomic E-state index is 0.306. The largest absolute Gasteiger partial charge is 0.494 e. The molecule has 0 spiro atoms. The molecule has 0 aliphatic carbocycles. The Kier molecular flexibility index (Phi) is 8.35. The van der Waals surface area contributed by atoms with E-state index < -0.39 is 0 Å². The number of hydrazone groups is 1. The molecule has 3 aromatic rings. The minimum Gasteiger partial charge on any atom is -0.494 e. The van der Waals surface area contributed by atoms with Crippen molar-refractivity contribution in [3.8, 4) is 11.5 Å². The lowest BCUT2D eigenvalue weighted by Gasteiger charge is -2.10. The van der Waals surface area contributed by atoms with E-state index in [1.165, 1.54) is 0 Å². The maximum Gasteiger partial charge on any atom is 0.271 e. The number of amides is 1. The molecule has 8 heteroatoms. The molecule has 0 atom stereocenters. The summed E-state index contributed by atoms with van der Waals surface area (Å²) in [5.74, 6) is 1.06. The first kappa shape index (κ1) is 23.1. The summed E-state index contributed by atoms with van der Waals surface area (Å²) in [4.78, 5) is 12.2. The summed E-state index contributed by atoms with van der Waals surface area (Å²) in [5.41, 5.74) is 4.62. The van der Waals surface area contributed by atoms with E-state index >= 15 is 0 Å². The molecule has 0 unspecified atom stereocenters. The number of ether oxygens (including phenoxy) is 2. The fraction of sp³-hybridized carbons (Fsp3) is 0.130. The van der Waals surface area contributed by atoms with Crippen molar-refractivity contribution in [1.29, 1.82) is 0 Å². The molecule has 31 heavy (non-hydrogen) atoms. The smallest absolute Gasteiger partial charge is 0.271 e. The zero-order valence-electron chi connectivity index (χ0n) is 16.6. The summed E-state index contributed by atoms with van der Waals surface area (Å²) in [7, 11) is 0. The number of benzene rings is 3. The highest BCUT2D eigenvalue weighted by atomic mass is 79.9. The maximum absolute atomic E-state index is 12.2. The molecule has 1 amide bonds. The molecule has 0 radical (unpaired) electrons. The third kappa shape index (κ3) is 6.72. The Morgan fingerprint density at radius 2 is 1.84 bits per heavy atom. The number of rotatable bonds is 8. The van der Waals surface area contributed by atoms with Gasteiger partial charge in [-0.2, -0.15) is 5.10 Å². The van der Waals surface area contributed by atoms with Crippen molar-refractivity contribution in [2.24, 2.45) is 5.10 Å². The third-order valence-corrected chi connectivity index (χ3v) is 5.37. The standard InChI is InChI=1S/C23H19BrCl2N2O3/c1-2-30-19-8-5-16(6-9-19)23(29)28-27-13-15-3-10-22(20(24)11-15)31-14-17-4-7-18(25)12-21(17)26/h3-13H,2,14H2,1H3,(H,28,29)/b27-13+. The summed E-state index contributed by atoms with van der Waals surface area (Å²) < 4.78 is 11.9. The van der Waals surface area contributed by atoms with E-state index in [2.05, 4.69) is 26.5 Å². The van der Waals surface area contributed by atoms with Crippen LogP contribution < -0.4 is 14.9 Å².